The van der Waals surface area contributed by atoms with Crippen molar-refractivity contribution < 1.29 is 14.3 Å². The van der Waals surface area contributed by atoms with E-state index in [-0.39, 0.29) is 11.3 Å². The second-order valence-electron chi connectivity index (χ2n) is 7.40. The van der Waals surface area contributed by atoms with Gasteiger partial charge in [-0.25, -0.2) is 4.90 Å². The van der Waals surface area contributed by atoms with Gasteiger partial charge in [0.1, 0.15) is 11.4 Å². The highest BCUT2D eigenvalue weighted by atomic mass is 35.5. The van der Waals surface area contributed by atoms with E-state index in [0.717, 1.165) is 11.1 Å². The number of nitrogens with zero attached hydrogens (tertiary/aromatic N) is 1. The molecule has 162 valence electrons. The average Bonchev–Trinajstić information content (AvgIpc) is 3.00. The third-order valence-corrected chi connectivity index (χ3v) is 6.00. The van der Waals surface area contributed by atoms with E-state index in [2.05, 4.69) is 5.32 Å². The number of amides is 2. The van der Waals surface area contributed by atoms with E-state index in [1.54, 1.807) is 48.5 Å². The minimum atomic E-state index is -0.444. The lowest BCUT2D eigenvalue weighted by molar-refractivity contribution is -0.120. The quantitative estimate of drug-likeness (QED) is 0.467. The molecule has 0 fully saturated rings. The molecule has 1 N–H and O–H groups in total. The lowest BCUT2D eigenvalue weighted by atomic mass is 10.0. The smallest absolute Gasteiger partial charge is 0.282 e. The highest BCUT2D eigenvalue weighted by Crippen LogP contribution is 2.37. The van der Waals surface area contributed by atoms with Crippen LogP contribution in [-0.2, 0) is 9.59 Å². The van der Waals surface area contributed by atoms with Crippen LogP contribution in [0, 0.1) is 13.8 Å². The maximum absolute atomic E-state index is 13.6. The molecule has 0 bridgehead atoms. The number of anilines is 2. The lowest BCUT2D eigenvalue weighted by Gasteiger charge is -2.19. The molecule has 7 heteroatoms. The summed E-state index contributed by atoms with van der Waals surface area (Å²) in [4.78, 5) is 28.3. The Kier molecular flexibility index (Phi) is 5.96. The molecule has 0 spiro atoms. The summed E-state index contributed by atoms with van der Waals surface area (Å²) in [5.41, 5.74) is 3.97. The number of nitrogens with one attached hydrogen (secondary N) is 1. The van der Waals surface area contributed by atoms with Crippen molar-refractivity contribution in [2.45, 2.75) is 13.8 Å². The highest BCUT2D eigenvalue weighted by Gasteiger charge is 2.41. The van der Waals surface area contributed by atoms with Crippen LogP contribution in [-0.4, -0.2) is 18.9 Å². The van der Waals surface area contributed by atoms with E-state index in [9.17, 15) is 9.59 Å². The number of imide groups is 1. The number of carbonyl (C=O) groups is 2. The van der Waals surface area contributed by atoms with Gasteiger partial charge in [-0.15, -0.1) is 0 Å². The summed E-state index contributed by atoms with van der Waals surface area (Å²) in [5, 5.41) is 4.02. The van der Waals surface area contributed by atoms with Gasteiger partial charge in [0.05, 0.1) is 23.4 Å². The van der Waals surface area contributed by atoms with Crippen molar-refractivity contribution in [3.63, 3.8) is 0 Å². The Labute approximate surface area is 196 Å². The van der Waals surface area contributed by atoms with Crippen LogP contribution in [0.2, 0.25) is 10.0 Å². The zero-order valence-electron chi connectivity index (χ0n) is 17.7. The van der Waals surface area contributed by atoms with E-state index >= 15 is 0 Å². The molecular formula is C25H20Cl2N2O3. The minimum absolute atomic E-state index is 0.166. The zero-order chi connectivity index (χ0) is 23.0. The van der Waals surface area contributed by atoms with Crippen molar-refractivity contribution in [1.82, 2.24) is 0 Å². The van der Waals surface area contributed by atoms with Gasteiger partial charge in [-0.1, -0.05) is 47.5 Å². The Morgan fingerprint density at radius 3 is 2.28 bits per heavy atom. The van der Waals surface area contributed by atoms with Crippen molar-refractivity contribution in [1.29, 1.82) is 0 Å². The van der Waals surface area contributed by atoms with Gasteiger partial charge in [-0.2, -0.15) is 0 Å². The molecule has 0 aliphatic carbocycles. The van der Waals surface area contributed by atoms with E-state index < -0.39 is 11.8 Å². The molecule has 0 radical (unpaired) electrons. The van der Waals surface area contributed by atoms with Gasteiger partial charge in [-0.05, 0) is 66.9 Å². The Bertz CT molecular complexity index is 1270. The van der Waals surface area contributed by atoms with Crippen LogP contribution in [0.1, 0.15) is 16.7 Å². The maximum atomic E-state index is 13.6. The number of halogens is 2. The molecule has 2 amide bonds. The first-order valence-electron chi connectivity index (χ1n) is 9.87. The second kappa shape index (κ2) is 8.69. The zero-order valence-corrected chi connectivity index (χ0v) is 19.2. The van der Waals surface area contributed by atoms with Gasteiger partial charge in [0.25, 0.3) is 11.8 Å². The summed E-state index contributed by atoms with van der Waals surface area (Å²) in [6, 6.07) is 17.4. The lowest BCUT2D eigenvalue weighted by Crippen LogP contribution is -2.33. The molecule has 5 nitrogen and oxygen atoms in total. The Hall–Kier alpha value is -3.28. The average molecular weight is 467 g/mol. The monoisotopic (exact) mass is 466 g/mol. The van der Waals surface area contributed by atoms with E-state index in [4.69, 9.17) is 27.9 Å². The number of benzene rings is 3. The molecule has 0 atom stereocenters. The molecule has 0 unspecified atom stereocenters. The van der Waals surface area contributed by atoms with Gasteiger partial charge < -0.3 is 10.1 Å². The summed E-state index contributed by atoms with van der Waals surface area (Å²) >= 11 is 12.3. The van der Waals surface area contributed by atoms with Crippen molar-refractivity contribution >= 4 is 52.0 Å². The summed E-state index contributed by atoms with van der Waals surface area (Å²) in [7, 11) is 1.52. The molecule has 3 aromatic rings. The number of hydrogen-bond donors (Lipinski definition) is 1. The molecule has 3 aromatic carbocycles. The predicted molar refractivity (Wildman–Crippen MR) is 128 cm³/mol. The van der Waals surface area contributed by atoms with E-state index in [1.807, 2.05) is 26.0 Å². The number of ether oxygens (including phenoxy) is 1. The summed E-state index contributed by atoms with van der Waals surface area (Å²) in [6.45, 7) is 3.83. The van der Waals surface area contributed by atoms with Crippen molar-refractivity contribution in [3.05, 3.63) is 93.1 Å². The second-order valence-corrected chi connectivity index (χ2v) is 8.24. The standard InChI is InChI=1S/C25H20Cl2N2O3/c1-14-5-4-6-20(15(14)2)29-24(30)22(16-7-9-17(26)10-8-16)23(25(29)31)28-18-11-12-21(32-3)19(27)13-18/h4-13,28H,1-3H3. The van der Waals surface area contributed by atoms with Gasteiger partial charge in [0, 0.05) is 10.7 Å². The first-order valence-corrected chi connectivity index (χ1v) is 10.6. The topological polar surface area (TPSA) is 58.6 Å². The molecule has 1 aliphatic rings. The summed E-state index contributed by atoms with van der Waals surface area (Å²) in [6.07, 6.45) is 0. The molecule has 0 aromatic heterocycles. The van der Waals surface area contributed by atoms with Crippen molar-refractivity contribution in [2.24, 2.45) is 0 Å². The third kappa shape index (κ3) is 3.85. The largest absolute Gasteiger partial charge is 0.495 e. The Morgan fingerprint density at radius 1 is 0.906 bits per heavy atom. The fraction of sp³-hybridized carbons (Fsp3) is 0.120. The first-order chi connectivity index (χ1) is 15.3. The molecular weight excluding hydrogens is 447 g/mol. The van der Waals surface area contributed by atoms with Crippen LogP contribution in [0.15, 0.2) is 66.4 Å². The van der Waals surface area contributed by atoms with E-state index in [0.29, 0.717) is 32.7 Å². The van der Waals surface area contributed by atoms with Crippen LogP contribution in [0.3, 0.4) is 0 Å². The molecule has 32 heavy (non-hydrogen) atoms. The summed E-state index contributed by atoms with van der Waals surface area (Å²) in [5.74, 6) is -0.344. The first kappa shape index (κ1) is 21.9. The van der Waals surface area contributed by atoms with Gasteiger partial charge in [-0.3, -0.25) is 9.59 Å². The number of hydrogen-bond acceptors (Lipinski definition) is 4. The third-order valence-electron chi connectivity index (χ3n) is 5.45. The van der Waals surface area contributed by atoms with Gasteiger partial charge >= 0.3 is 0 Å². The van der Waals surface area contributed by atoms with E-state index in [1.165, 1.54) is 12.0 Å². The Morgan fingerprint density at radius 2 is 1.62 bits per heavy atom. The van der Waals surface area contributed by atoms with Crippen molar-refractivity contribution in [3.8, 4) is 5.75 Å². The van der Waals surface area contributed by atoms with Gasteiger partial charge in [0.2, 0.25) is 0 Å². The Balaban J connectivity index is 1.84. The summed E-state index contributed by atoms with van der Waals surface area (Å²) < 4.78 is 5.20. The fourth-order valence-corrected chi connectivity index (χ4v) is 4.00. The maximum Gasteiger partial charge on any atom is 0.282 e. The molecule has 0 saturated carbocycles. The molecule has 0 saturated heterocycles. The fourth-order valence-electron chi connectivity index (χ4n) is 3.62. The SMILES string of the molecule is COc1ccc(NC2=C(c3ccc(Cl)cc3)C(=O)N(c3cccc(C)c3C)C2=O)cc1Cl. The minimum Gasteiger partial charge on any atom is -0.495 e. The van der Waals surface area contributed by atoms with Crippen LogP contribution in [0.4, 0.5) is 11.4 Å². The van der Waals surface area contributed by atoms with Crippen molar-refractivity contribution in [2.75, 3.05) is 17.3 Å². The molecule has 1 heterocycles. The normalized spacial score (nSPS) is 13.7. The van der Waals surface area contributed by atoms with Crippen LogP contribution in [0.5, 0.6) is 5.75 Å². The number of carbonyl (C=O) groups excluding carboxylic acids is 2. The van der Waals surface area contributed by atoms with Crippen LogP contribution >= 0.6 is 23.2 Å². The predicted octanol–water partition coefficient (Wildman–Crippen LogP) is 6.02. The molecule has 1 aliphatic heterocycles. The highest BCUT2D eigenvalue weighted by molar-refractivity contribution is 6.46. The van der Waals surface area contributed by atoms with Gasteiger partial charge in [0.15, 0.2) is 0 Å². The number of rotatable bonds is 5. The number of aryl methyl sites for hydroxylation is 1. The van der Waals surface area contributed by atoms with Crippen LogP contribution in [0.25, 0.3) is 5.57 Å². The number of methoxy groups -OCH3 is 1. The van der Waals surface area contributed by atoms with Crippen LogP contribution < -0.4 is 15.0 Å². The molecule has 4 rings (SSSR count).